The molecule has 0 unspecified atom stereocenters. The van der Waals surface area contributed by atoms with E-state index in [4.69, 9.17) is 15.2 Å². The van der Waals surface area contributed by atoms with Crippen LogP contribution in [0, 0.1) is 5.82 Å². The molecular formula is C14H21FN2O2. The summed E-state index contributed by atoms with van der Waals surface area (Å²) in [6.07, 6.45) is 2.24. The smallest absolute Gasteiger partial charge is 0.167 e. The van der Waals surface area contributed by atoms with Crippen LogP contribution in [0.5, 0.6) is 5.75 Å². The molecule has 0 radical (unpaired) electrons. The second-order valence-corrected chi connectivity index (χ2v) is 4.69. The molecule has 0 atom stereocenters. The summed E-state index contributed by atoms with van der Waals surface area (Å²) in [7, 11) is 0. The highest BCUT2D eigenvalue weighted by atomic mass is 19.1. The number of nitrogen functional groups attached to an aromatic ring is 1. The van der Waals surface area contributed by atoms with E-state index >= 15 is 0 Å². The molecule has 1 saturated carbocycles. The van der Waals surface area contributed by atoms with Gasteiger partial charge in [0.1, 0.15) is 0 Å². The van der Waals surface area contributed by atoms with Gasteiger partial charge in [0, 0.05) is 24.8 Å². The Hall–Kier alpha value is -1.49. The van der Waals surface area contributed by atoms with Crippen molar-refractivity contribution in [3.05, 3.63) is 17.9 Å². The fourth-order valence-corrected chi connectivity index (χ4v) is 2.24. The zero-order chi connectivity index (χ0) is 13.8. The van der Waals surface area contributed by atoms with Gasteiger partial charge in [0.2, 0.25) is 0 Å². The number of nitrogens with two attached hydrogens (primary N) is 1. The Kier molecular flexibility index (Phi) is 4.47. The summed E-state index contributed by atoms with van der Waals surface area (Å²) >= 11 is 0. The second-order valence-electron chi connectivity index (χ2n) is 4.69. The van der Waals surface area contributed by atoms with Gasteiger partial charge in [-0.2, -0.15) is 0 Å². The first-order valence-corrected chi connectivity index (χ1v) is 6.74. The van der Waals surface area contributed by atoms with E-state index in [1.807, 2.05) is 13.8 Å². The zero-order valence-electron chi connectivity index (χ0n) is 11.4. The lowest BCUT2D eigenvalue weighted by Gasteiger charge is -2.36. The van der Waals surface area contributed by atoms with Gasteiger partial charge in [-0.05, 0) is 26.7 Å². The van der Waals surface area contributed by atoms with Crippen LogP contribution in [0.1, 0.15) is 26.7 Å². The van der Waals surface area contributed by atoms with Crippen LogP contribution < -0.4 is 15.8 Å². The average Bonchev–Trinajstić information content (AvgIpc) is 2.32. The maximum absolute atomic E-state index is 13.6. The highest BCUT2D eigenvalue weighted by molar-refractivity contribution is 5.69. The summed E-state index contributed by atoms with van der Waals surface area (Å²) < 4.78 is 24.3. The van der Waals surface area contributed by atoms with Gasteiger partial charge in [0.25, 0.3) is 0 Å². The molecular weight excluding hydrogens is 247 g/mol. The standard InChI is InChI=1S/C14H21FN2O2/c1-3-18-10-5-9(6-10)17-13-8-14(19-4-2)11(15)7-12(13)16/h7-10,17H,3-6,16H2,1-2H3. The van der Waals surface area contributed by atoms with Crippen LogP contribution in [-0.4, -0.2) is 25.4 Å². The van der Waals surface area contributed by atoms with E-state index in [9.17, 15) is 4.39 Å². The van der Waals surface area contributed by atoms with E-state index in [1.165, 1.54) is 6.07 Å². The first kappa shape index (κ1) is 13.9. The van der Waals surface area contributed by atoms with Crippen LogP contribution in [0.3, 0.4) is 0 Å². The van der Waals surface area contributed by atoms with Gasteiger partial charge >= 0.3 is 0 Å². The quantitative estimate of drug-likeness (QED) is 0.779. The third kappa shape index (κ3) is 3.29. The predicted molar refractivity (Wildman–Crippen MR) is 74.0 cm³/mol. The van der Waals surface area contributed by atoms with E-state index in [0.717, 1.165) is 25.1 Å². The van der Waals surface area contributed by atoms with Gasteiger partial charge in [-0.25, -0.2) is 4.39 Å². The fourth-order valence-electron chi connectivity index (χ4n) is 2.24. The summed E-state index contributed by atoms with van der Waals surface area (Å²) in [5.74, 6) is -0.189. The molecule has 4 nitrogen and oxygen atoms in total. The van der Waals surface area contributed by atoms with Crippen LogP contribution in [-0.2, 0) is 4.74 Å². The molecule has 19 heavy (non-hydrogen) atoms. The molecule has 1 aliphatic carbocycles. The van der Waals surface area contributed by atoms with E-state index in [-0.39, 0.29) is 5.75 Å². The van der Waals surface area contributed by atoms with E-state index in [2.05, 4.69) is 5.32 Å². The van der Waals surface area contributed by atoms with Gasteiger partial charge in [-0.15, -0.1) is 0 Å². The lowest BCUT2D eigenvalue weighted by atomic mass is 9.89. The van der Waals surface area contributed by atoms with E-state index in [1.54, 1.807) is 6.07 Å². The van der Waals surface area contributed by atoms with Gasteiger partial charge in [-0.3, -0.25) is 0 Å². The minimum Gasteiger partial charge on any atom is -0.491 e. The molecule has 0 heterocycles. The maximum Gasteiger partial charge on any atom is 0.167 e. The van der Waals surface area contributed by atoms with Crippen LogP contribution in [0.15, 0.2) is 12.1 Å². The van der Waals surface area contributed by atoms with Gasteiger partial charge in [0.15, 0.2) is 11.6 Å². The van der Waals surface area contributed by atoms with Crippen LogP contribution in [0.25, 0.3) is 0 Å². The zero-order valence-corrected chi connectivity index (χ0v) is 11.4. The summed E-state index contributed by atoms with van der Waals surface area (Å²) in [6.45, 7) is 4.98. The molecule has 5 heteroatoms. The van der Waals surface area contributed by atoms with Gasteiger partial charge in [0.05, 0.1) is 24.1 Å². The molecule has 2 rings (SSSR count). The van der Waals surface area contributed by atoms with Crippen molar-refractivity contribution in [3.63, 3.8) is 0 Å². The predicted octanol–water partition coefficient (Wildman–Crippen LogP) is 2.79. The SMILES string of the molecule is CCOc1cc(NC2CC(OCC)C2)c(N)cc1F. The van der Waals surface area contributed by atoms with Crippen molar-refractivity contribution >= 4 is 11.4 Å². The number of hydrogen-bond acceptors (Lipinski definition) is 4. The fraction of sp³-hybridized carbons (Fsp3) is 0.571. The second kappa shape index (κ2) is 6.10. The molecule has 1 aromatic rings. The Bertz CT molecular complexity index is 434. The molecule has 0 saturated heterocycles. The summed E-state index contributed by atoms with van der Waals surface area (Å²) in [4.78, 5) is 0. The average molecular weight is 268 g/mol. The number of anilines is 2. The Labute approximate surface area is 113 Å². The van der Waals surface area contributed by atoms with Crippen molar-refractivity contribution in [1.29, 1.82) is 0 Å². The summed E-state index contributed by atoms with van der Waals surface area (Å²) in [5.41, 5.74) is 6.95. The topological polar surface area (TPSA) is 56.5 Å². The molecule has 1 aliphatic rings. The normalized spacial score (nSPS) is 21.8. The van der Waals surface area contributed by atoms with E-state index in [0.29, 0.717) is 24.4 Å². The Morgan fingerprint density at radius 3 is 2.68 bits per heavy atom. The highest BCUT2D eigenvalue weighted by Crippen LogP contribution is 2.32. The monoisotopic (exact) mass is 268 g/mol. The van der Waals surface area contributed by atoms with Gasteiger partial charge < -0.3 is 20.5 Å². The van der Waals surface area contributed by atoms with Crippen LogP contribution in [0.4, 0.5) is 15.8 Å². The number of nitrogens with one attached hydrogen (secondary N) is 1. The Balaban J connectivity index is 1.98. The lowest BCUT2D eigenvalue weighted by molar-refractivity contribution is 0.00300. The van der Waals surface area contributed by atoms with Crippen molar-refractivity contribution in [3.8, 4) is 5.75 Å². The van der Waals surface area contributed by atoms with Crippen LogP contribution in [0.2, 0.25) is 0 Å². The molecule has 106 valence electrons. The molecule has 0 aliphatic heterocycles. The number of benzene rings is 1. The third-order valence-corrected chi connectivity index (χ3v) is 3.26. The molecule has 0 bridgehead atoms. The molecule has 0 spiro atoms. The minimum atomic E-state index is -0.425. The van der Waals surface area contributed by atoms with Gasteiger partial charge in [-0.1, -0.05) is 0 Å². The number of ether oxygens (including phenoxy) is 2. The molecule has 1 fully saturated rings. The Morgan fingerprint density at radius 1 is 1.32 bits per heavy atom. The van der Waals surface area contributed by atoms with Crippen molar-refractivity contribution in [2.45, 2.75) is 38.8 Å². The van der Waals surface area contributed by atoms with Crippen molar-refractivity contribution < 1.29 is 13.9 Å². The summed E-state index contributed by atoms with van der Waals surface area (Å²) in [6, 6.07) is 3.26. The largest absolute Gasteiger partial charge is 0.491 e. The summed E-state index contributed by atoms with van der Waals surface area (Å²) in [5, 5.41) is 3.31. The number of hydrogen-bond donors (Lipinski definition) is 2. The number of halogens is 1. The van der Waals surface area contributed by atoms with Crippen molar-refractivity contribution in [2.24, 2.45) is 0 Å². The molecule has 1 aromatic carbocycles. The lowest BCUT2D eigenvalue weighted by Crippen LogP contribution is -2.40. The first-order chi connectivity index (χ1) is 9.13. The van der Waals surface area contributed by atoms with Crippen molar-refractivity contribution in [1.82, 2.24) is 0 Å². The minimum absolute atomic E-state index is 0.236. The van der Waals surface area contributed by atoms with Crippen LogP contribution >= 0.6 is 0 Å². The molecule has 0 amide bonds. The first-order valence-electron chi connectivity index (χ1n) is 6.74. The maximum atomic E-state index is 13.6. The molecule has 0 aromatic heterocycles. The highest BCUT2D eigenvalue weighted by Gasteiger charge is 2.29. The third-order valence-electron chi connectivity index (χ3n) is 3.26. The molecule has 3 N–H and O–H groups in total. The Morgan fingerprint density at radius 2 is 2.05 bits per heavy atom. The van der Waals surface area contributed by atoms with E-state index < -0.39 is 5.82 Å². The van der Waals surface area contributed by atoms with Crippen molar-refractivity contribution in [2.75, 3.05) is 24.3 Å². The number of rotatable bonds is 6.